The Balaban J connectivity index is 1.65. The summed E-state index contributed by atoms with van der Waals surface area (Å²) in [6.07, 6.45) is 4.83. The average Bonchev–Trinajstić information content (AvgIpc) is 3.14. The van der Waals surface area contributed by atoms with Gasteiger partial charge in [0.15, 0.2) is 0 Å². The predicted molar refractivity (Wildman–Crippen MR) is 119 cm³/mol. The number of para-hydroxylation sites is 1. The molecule has 1 saturated heterocycles. The van der Waals surface area contributed by atoms with E-state index in [2.05, 4.69) is 10.3 Å². The molecule has 2 atom stereocenters. The van der Waals surface area contributed by atoms with Crippen LogP contribution >= 0.6 is 0 Å². The molecule has 9 heteroatoms. The van der Waals surface area contributed by atoms with Gasteiger partial charge in [-0.2, -0.15) is 4.31 Å². The second kappa shape index (κ2) is 8.94. The molecule has 2 aliphatic heterocycles. The largest absolute Gasteiger partial charge is 0.354 e. The van der Waals surface area contributed by atoms with Crippen molar-refractivity contribution in [3.8, 4) is 0 Å². The lowest BCUT2D eigenvalue weighted by Gasteiger charge is -2.31. The Bertz CT molecular complexity index is 1030. The van der Waals surface area contributed by atoms with Gasteiger partial charge in [0.05, 0.1) is 5.69 Å². The van der Waals surface area contributed by atoms with Crippen LogP contribution in [0, 0.1) is 0 Å². The normalized spacial score (nSPS) is 22.6. The summed E-state index contributed by atoms with van der Waals surface area (Å²) in [7, 11) is 0.214. The van der Waals surface area contributed by atoms with Crippen LogP contribution in [0.1, 0.15) is 18.4 Å². The van der Waals surface area contributed by atoms with E-state index in [1.165, 1.54) is 4.31 Å². The topological polar surface area (TPSA) is 85.9 Å². The van der Waals surface area contributed by atoms with Crippen molar-refractivity contribution in [1.29, 1.82) is 0 Å². The molecule has 1 aromatic heterocycles. The van der Waals surface area contributed by atoms with Crippen LogP contribution in [-0.2, 0) is 21.4 Å². The van der Waals surface area contributed by atoms with Crippen LogP contribution in [0.15, 0.2) is 53.7 Å². The number of anilines is 1. The third-order valence-electron chi connectivity index (χ3n) is 5.92. The summed E-state index contributed by atoms with van der Waals surface area (Å²) < 4.78 is 28.6. The first-order valence-electron chi connectivity index (χ1n) is 10.6. The molecule has 0 radical (unpaired) electrons. The van der Waals surface area contributed by atoms with E-state index >= 15 is 0 Å². The molecule has 0 unspecified atom stereocenters. The van der Waals surface area contributed by atoms with Crippen LogP contribution in [0.2, 0.25) is 0 Å². The minimum atomic E-state index is -3.71. The maximum absolute atomic E-state index is 13.6. The Morgan fingerprint density at radius 2 is 2.00 bits per heavy atom. The number of hydrogen-bond donors (Lipinski definition) is 1. The van der Waals surface area contributed by atoms with Crippen molar-refractivity contribution in [1.82, 2.24) is 19.5 Å². The van der Waals surface area contributed by atoms with Crippen LogP contribution in [0.25, 0.3) is 0 Å². The minimum Gasteiger partial charge on any atom is -0.354 e. The van der Waals surface area contributed by atoms with Gasteiger partial charge < -0.3 is 15.1 Å². The van der Waals surface area contributed by atoms with Crippen LogP contribution in [0.5, 0.6) is 0 Å². The molecule has 8 nitrogen and oxygen atoms in total. The van der Waals surface area contributed by atoms with Crippen LogP contribution in [0.4, 0.5) is 5.69 Å². The van der Waals surface area contributed by atoms with Gasteiger partial charge in [-0.25, -0.2) is 8.42 Å². The molecule has 0 saturated carbocycles. The summed E-state index contributed by atoms with van der Waals surface area (Å²) in [6, 6.07) is 10.3. The number of rotatable bonds is 6. The second-order valence-corrected chi connectivity index (χ2v) is 10.3. The van der Waals surface area contributed by atoms with Crippen molar-refractivity contribution in [3.05, 3.63) is 54.4 Å². The SMILES string of the molecule is CN(C)CCNC(=O)[C@@H]1CC[C@H]2CN(Cc3cccnc3)S(=O)(=O)c3ccccc3N21. The Morgan fingerprint density at radius 3 is 2.74 bits per heavy atom. The molecule has 166 valence electrons. The first kappa shape index (κ1) is 21.7. The Hall–Kier alpha value is -2.49. The first-order chi connectivity index (χ1) is 14.9. The number of pyridine rings is 1. The smallest absolute Gasteiger partial charge is 0.245 e. The molecule has 1 amide bonds. The van der Waals surface area contributed by atoms with E-state index in [-0.39, 0.29) is 29.4 Å². The maximum atomic E-state index is 13.6. The van der Waals surface area contributed by atoms with Crippen LogP contribution in [0.3, 0.4) is 0 Å². The summed E-state index contributed by atoms with van der Waals surface area (Å²) in [5.74, 6) is -0.0442. The summed E-state index contributed by atoms with van der Waals surface area (Å²) >= 11 is 0. The summed E-state index contributed by atoms with van der Waals surface area (Å²) in [5.41, 5.74) is 1.46. The van der Waals surface area contributed by atoms with Crippen LogP contribution in [-0.4, -0.2) is 74.3 Å². The fourth-order valence-electron chi connectivity index (χ4n) is 4.41. The van der Waals surface area contributed by atoms with Crippen molar-refractivity contribution in [2.45, 2.75) is 36.4 Å². The van der Waals surface area contributed by atoms with Gasteiger partial charge in [-0.1, -0.05) is 18.2 Å². The highest BCUT2D eigenvalue weighted by molar-refractivity contribution is 7.89. The monoisotopic (exact) mass is 443 g/mol. The van der Waals surface area contributed by atoms with E-state index < -0.39 is 10.0 Å². The van der Waals surface area contributed by atoms with E-state index in [0.717, 1.165) is 18.5 Å². The molecule has 3 heterocycles. The highest BCUT2D eigenvalue weighted by Gasteiger charge is 2.45. The second-order valence-electron chi connectivity index (χ2n) is 8.38. The number of likely N-dealkylation sites (N-methyl/N-ethyl adjacent to an activating group) is 1. The number of sulfonamides is 1. The number of amides is 1. The highest BCUT2D eigenvalue weighted by atomic mass is 32.2. The summed E-state index contributed by atoms with van der Waals surface area (Å²) in [5, 5.41) is 3.02. The fraction of sp³-hybridized carbons (Fsp3) is 0.455. The minimum absolute atomic E-state index is 0.0442. The third-order valence-corrected chi connectivity index (χ3v) is 7.78. The van der Waals surface area contributed by atoms with E-state index in [9.17, 15) is 13.2 Å². The zero-order chi connectivity index (χ0) is 22.0. The molecule has 1 fully saturated rings. The summed E-state index contributed by atoms with van der Waals surface area (Å²) in [6.45, 7) is 1.92. The Kier molecular flexibility index (Phi) is 6.27. The number of carbonyl (C=O) groups is 1. The van der Waals surface area contributed by atoms with Gasteiger partial charge in [-0.05, 0) is 50.7 Å². The summed E-state index contributed by atoms with van der Waals surface area (Å²) in [4.78, 5) is 21.4. The van der Waals surface area contributed by atoms with Gasteiger partial charge in [0.1, 0.15) is 10.9 Å². The van der Waals surface area contributed by atoms with E-state index in [1.54, 1.807) is 24.5 Å². The van der Waals surface area contributed by atoms with Crippen molar-refractivity contribution in [2.24, 2.45) is 0 Å². The molecule has 1 aromatic carbocycles. The number of fused-ring (bicyclic) bond motifs is 3. The Morgan fingerprint density at radius 1 is 1.19 bits per heavy atom. The molecule has 31 heavy (non-hydrogen) atoms. The number of carbonyl (C=O) groups excluding carboxylic acids is 1. The van der Waals surface area contributed by atoms with E-state index in [4.69, 9.17) is 0 Å². The third kappa shape index (κ3) is 4.44. The van der Waals surface area contributed by atoms with Crippen molar-refractivity contribution in [3.63, 3.8) is 0 Å². The maximum Gasteiger partial charge on any atom is 0.245 e. The van der Waals surface area contributed by atoms with Gasteiger partial charge in [0.2, 0.25) is 15.9 Å². The van der Waals surface area contributed by atoms with Crippen molar-refractivity contribution >= 4 is 21.6 Å². The predicted octanol–water partition coefficient (Wildman–Crippen LogP) is 1.30. The molecular formula is C22H29N5O3S. The molecule has 2 aliphatic rings. The lowest BCUT2D eigenvalue weighted by atomic mass is 10.2. The molecule has 2 aromatic rings. The lowest BCUT2D eigenvalue weighted by Crippen LogP contribution is -2.49. The molecule has 4 rings (SSSR count). The molecule has 0 aliphatic carbocycles. The van der Waals surface area contributed by atoms with E-state index in [1.807, 2.05) is 48.2 Å². The van der Waals surface area contributed by atoms with Crippen molar-refractivity contribution < 1.29 is 13.2 Å². The van der Waals surface area contributed by atoms with Crippen molar-refractivity contribution in [2.75, 3.05) is 38.6 Å². The quantitative estimate of drug-likeness (QED) is 0.724. The number of hydrogen-bond acceptors (Lipinski definition) is 6. The van der Waals surface area contributed by atoms with Gasteiger partial charge >= 0.3 is 0 Å². The number of benzene rings is 1. The lowest BCUT2D eigenvalue weighted by molar-refractivity contribution is -0.122. The van der Waals surface area contributed by atoms with Gasteiger partial charge in [0, 0.05) is 44.6 Å². The van der Waals surface area contributed by atoms with Gasteiger partial charge in [0.25, 0.3) is 0 Å². The molecule has 1 N–H and O–H groups in total. The van der Waals surface area contributed by atoms with E-state index in [0.29, 0.717) is 25.2 Å². The van der Waals surface area contributed by atoms with Gasteiger partial charge in [-0.15, -0.1) is 0 Å². The number of aromatic nitrogens is 1. The number of nitrogens with one attached hydrogen (secondary N) is 1. The molecule has 0 spiro atoms. The first-order valence-corrected chi connectivity index (χ1v) is 12.0. The number of nitrogens with zero attached hydrogens (tertiary/aromatic N) is 4. The van der Waals surface area contributed by atoms with Gasteiger partial charge in [-0.3, -0.25) is 9.78 Å². The zero-order valence-corrected chi connectivity index (χ0v) is 18.8. The zero-order valence-electron chi connectivity index (χ0n) is 17.9. The average molecular weight is 444 g/mol. The standard InChI is InChI=1S/C22H29N5O3S/c1-25(2)13-12-24-22(28)20-10-9-18-16-26(15-17-6-5-11-23-14-17)31(29,30)21-8-4-3-7-19(21)27(18)20/h3-8,11,14,18,20H,9-10,12-13,15-16H2,1-2H3,(H,24,28)/t18-,20-/m0/s1. The Labute approximate surface area is 183 Å². The fourth-order valence-corrected chi connectivity index (χ4v) is 6.06. The highest BCUT2D eigenvalue weighted by Crippen LogP contribution is 2.40. The van der Waals surface area contributed by atoms with Crippen LogP contribution < -0.4 is 10.2 Å². The molecular weight excluding hydrogens is 414 g/mol. The molecule has 0 bridgehead atoms.